The van der Waals surface area contributed by atoms with Crippen molar-refractivity contribution in [3.8, 4) is 0 Å². The lowest BCUT2D eigenvalue weighted by Crippen LogP contribution is -2.38. The van der Waals surface area contributed by atoms with E-state index < -0.39 is 0 Å². The van der Waals surface area contributed by atoms with Crippen molar-refractivity contribution < 1.29 is 9.59 Å². The summed E-state index contributed by atoms with van der Waals surface area (Å²) in [5.41, 5.74) is 1.30. The fraction of sp³-hybridized carbons (Fsp3) is 0.455. The molecule has 3 rings (SSSR count). The van der Waals surface area contributed by atoms with Gasteiger partial charge in [0.25, 0.3) is 11.8 Å². The number of piperidine rings is 1. The molecule has 2 aromatic rings. The van der Waals surface area contributed by atoms with Crippen LogP contribution in [-0.4, -0.2) is 42.4 Å². The summed E-state index contributed by atoms with van der Waals surface area (Å²) in [5.74, 6) is -0.197. The number of rotatable bonds is 8. The molecule has 2 heterocycles. The van der Waals surface area contributed by atoms with Gasteiger partial charge in [0, 0.05) is 23.8 Å². The number of thiophene rings is 1. The van der Waals surface area contributed by atoms with Gasteiger partial charge in [-0.1, -0.05) is 12.5 Å². The number of benzene rings is 1. The van der Waals surface area contributed by atoms with E-state index in [1.807, 2.05) is 11.4 Å². The minimum atomic E-state index is -0.129. The molecule has 1 aromatic heterocycles. The van der Waals surface area contributed by atoms with E-state index in [0.717, 1.165) is 19.4 Å². The number of carbonyl (C=O) groups is 2. The van der Waals surface area contributed by atoms with Crippen LogP contribution in [0.2, 0.25) is 0 Å². The molecular weight excluding hydrogens is 370 g/mol. The third-order valence-electron chi connectivity index (χ3n) is 5.25. The third-order valence-corrected chi connectivity index (χ3v) is 6.12. The van der Waals surface area contributed by atoms with Crippen LogP contribution < -0.4 is 10.6 Å². The predicted octanol–water partition coefficient (Wildman–Crippen LogP) is 4.38. The van der Waals surface area contributed by atoms with Crippen molar-refractivity contribution in [3.05, 3.63) is 52.2 Å². The van der Waals surface area contributed by atoms with E-state index in [1.165, 1.54) is 37.1 Å². The van der Waals surface area contributed by atoms with Gasteiger partial charge in [-0.25, -0.2) is 0 Å². The fourth-order valence-corrected chi connectivity index (χ4v) is 4.16. The van der Waals surface area contributed by atoms with Crippen molar-refractivity contribution in [2.45, 2.75) is 45.1 Å². The van der Waals surface area contributed by atoms with Gasteiger partial charge < -0.3 is 15.5 Å². The lowest BCUT2D eigenvalue weighted by Gasteiger charge is -2.33. The molecule has 5 nitrogen and oxygen atoms in total. The SMILES string of the molecule is C[C@H]1CCCCN1CCCCNC(=O)c1ccc(NC(=O)c2cccs2)cc1. The lowest BCUT2D eigenvalue weighted by atomic mass is 10.0. The summed E-state index contributed by atoms with van der Waals surface area (Å²) in [4.78, 5) is 27.6. The molecule has 0 unspecified atom stereocenters. The third kappa shape index (κ3) is 5.91. The van der Waals surface area contributed by atoms with Gasteiger partial charge in [-0.15, -0.1) is 11.3 Å². The number of anilines is 1. The first-order valence-corrected chi connectivity index (χ1v) is 11.0. The second-order valence-electron chi connectivity index (χ2n) is 7.35. The second-order valence-corrected chi connectivity index (χ2v) is 8.30. The largest absolute Gasteiger partial charge is 0.352 e. The summed E-state index contributed by atoms with van der Waals surface area (Å²) >= 11 is 1.40. The van der Waals surface area contributed by atoms with Crippen molar-refractivity contribution in [1.82, 2.24) is 10.2 Å². The first-order chi connectivity index (χ1) is 13.6. The summed E-state index contributed by atoms with van der Waals surface area (Å²) in [6.07, 6.45) is 6.07. The highest BCUT2D eigenvalue weighted by Crippen LogP contribution is 2.17. The second kappa shape index (κ2) is 10.4. The Morgan fingerprint density at radius 1 is 1.11 bits per heavy atom. The Morgan fingerprint density at radius 2 is 1.93 bits per heavy atom. The van der Waals surface area contributed by atoms with Crippen LogP contribution in [0.3, 0.4) is 0 Å². The molecular formula is C22H29N3O2S. The summed E-state index contributed by atoms with van der Waals surface area (Å²) in [6, 6.07) is 11.3. The van der Waals surface area contributed by atoms with Gasteiger partial charge >= 0.3 is 0 Å². The molecule has 0 spiro atoms. The van der Waals surface area contributed by atoms with E-state index in [1.54, 1.807) is 30.3 Å². The zero-order chi connectivity index (χ0) is 19.8. The van der Waals surface area contributed by atoms with Gasteiger partial charge in [-0.3, -0.25) is 9.59 Å². The highest BCUT2D eigenvalue weighted by atomic mass is 32.1. The molecule has 150 valence electrons. The van der Waals surface area contributed by atoms with Crippen LogP contribution in [0, 0.1) is 0 Å². The van der Waals surface area contributed by atoms with Crippen molar-refractivity contribution in [2.75, 3.05) is 25.0 Å². The molecule has 0 aliphatic carbocycles. The standard InChI is InChI=1S/C22H29N3O2S/c1-17-7-2-4-14-25(17)15-5-3-13-23-21(26)18-9-11-19(12-10-18)24-22(27)20-8-6-16-28-20/h6,8-12,16-17H,2-5,7,13-15H2,1H3,(H,23,26)(H,24,27)/t17-/m0/s1. The Morgan fingerprint density at radius 3 is 2.64 bits per heavy atom. The Bertz CT molecular complexity index is 759. The zero-order valence-corrected chi connectivity index (χ0v) is 17.3. The summed E-state index contributed by atoms with van der Waals surface area (Å²) in [6.45, 7) is 5.34. The first-order valence-electron chi connectivity index (χ1n) is 10.1. The maximum Gasteiger partial charge on any atom is 0.265 e. The van der Waals surface area contributed by atoms with E-state index in [4.69, 9.17) is 0 Å². The van der Waals surface area contributed by atoms with Gasteiger partial charge in [0.15, 0.2) is 0 Å². The zero-order valence-electron chi connectivity index (χ0n) is 16.4. The van der Waals surface area contributed by atoms with Crippen molar-refractivity contribution in [3.63, 3.8) is 0 Å². The van der Waals surface area contributed by atoms with Crippen LogP contribution in [-0.2, 0) is 0 Å². The average molecular weight is 400 g/mol. The monoisotopic (exact) mass is 399 g/mol. The Balaban J connectivity index is 1.36. The molecule has 0 saturated carbocycles. The summed E-state index contributed by atoms with van der Waals surface area (Å²) in [5, 5.41) is 7.70. The Labute approximate surface area is 171 Å². The smallest absolute Gasteiger partial charge is 0.265 e. The van der Waals surface area contributed by atoms with E-state index in [9.17, 15) is 9.59 Å². The molecule has 1 saturated heterocycles. The number of unbranched alkanes of at least 4 members (excludes halogenated alkanes) is 1. The molecule has 2 amide bonds. The highest BCUT2D eigenvalue weighted by Gasteiger charge is 2.17. The van der Waals surface area contributed by atoms with Gasteiger partial charge in [-0.05, 0) is 81.4 Å². The topological polar surface area (TPSA) is 61.4 Å². The van der Waals surface area contributed by atoms with Crippen molar-refractivity contribution in [2.24, 2.45) is 0 Å². The van der Waals surface area contributed by atoms with Crippen LogP contribution in [0.15, 0.2) is 41.8 Å². The lowest BCUT2D eigenvalue weighted by molar-refractivity contribution is 0.0951. The summed E-state index contributed by atoms with van der Waals surface area (Å²) < 4.78 is 0. The van der Waals surface area contributed by atoms with Crippen LogP contribution in [0.4, 0.5) is 5.69 Å². The van der Waals surface area contributed by atoms with E-state index >= 15 is 0 Å². The van der Waals surface area contributed by atoms with E-state index in [0.29, 0.717) is 28.7 Å². The van der Waals surface area contributed by atoms with Crippen LogP contribution >= 0.6 is 11.3 Å². The normalized spacial score (nSPS) is 17.2. The van der Waals surface area contributed by atoms with Crippen molar-refractivity contribution >= 4 is 28.8 Å². The molecule has 1 aliphatic heterocycles. The number of hydrogen-bond donors (Lipinski definition) is 2. The van der Waals surface area contributed by atoms with Gasteiger partial charge in [0.05, 0.1) is 4.88 Å². The Hall–Kier alpha value is -2.18. The van der Waals surface area contributed by atoms with Crippen LogP contribution in [0.1, 0.15) is 59.1 Å². The average Bonchev–Trinajstić information content (AvgIpc) is 3.24. The fourth-order valence-electron chi connectivity index (χ4n) is 3.54. The predicted molar refractivity (Wildman–Crippen MR) is 115 cm³/mol. The van der Waals surface area contributed by atoms with Crippen LogP contribution in [0.25, 0.3) is 0 Å². The molecule has 1 aliphatic rings. The quantitative estimate of drug-likeness (QED) is 0.648. The number of nitrogens with one attached hydrogen (secondary N) is 2. The molecule has 1 atom stereocenters. The Kier molecular flexibility index (Phi) is 7.62. The number of likely N-dealkylation sites (tertiary alicyclic amines) is 1. The molecule has 0 radical (unpaired) electrons. The molecule has 1 fully saturated rings. The van der Waals surface area contributed by atoms with Gasteiger partial charge in [0.2, 0.25) is 0 Å². The first kappa shape index (κ1) is 20.6. The maximum atomic E-state index is 12.3. The number of amides is 2. The number of nitrogens with zero attached hydrogens (tertiary/aromatic N) is 1. The summed E-state index contributed by atoms with van der Waals surface area (Å²) in [7, 11) is 0. The highest BCUT2D eigenvalue weighted by molar-refractivity contribution is 7.12. The molecule has 1 aromatic carbocycles. The minimum absolute atomic E-state index is 0.0672. The number of hydrogen-bond acceptors (Lipinski definition) is 4. The van der Waals surface area contributed by atoms with Gasteiger partial charge in [-0.2, -0.15) is 0 Å². The van der Waals surface area contributed by atoms with E-state index in [-0.39, 0.29) is 11.8 Å². The minimum Gasteiger partial charge on any atom is -0.352 e. The molecule has 6 heteroatoms. The van der Waals surface area contributed by atoms with E-state index in [2.05, 4.69) is 22.5 Å². The van der Waals surface area contributed by atoms with Crippen molar-refractivity contribution in [1.29, 1.82) is 0 Å². The molecule has 28 heavy (non-hydrogen) atoms. The molecule has 0 bridgehead atoms. The maximum absolute atomic E-state index is 12.3. The van der Waals surface area contributed by atoms with Gasteiger partial charge in [0.1, 0.15) is 0 Å². The van der Waals surface area contributed by atoms with Crippen LogP contribution in [0.5, 0.6) is 0 Å². The number of carbonyl (C=O) groups excluding carboxylic acids is 2. The molecule has 2 N–H and O–H groups in total.